The molecule has 0 aliphatic rings. The smallest absolute Gasteiger partial charge is 0.336 e. The monoisotopic (exact) mass is 312 g/mol. The molecule has 0 aliphatic heterocycles. The second-order valence-electron chi connectivity index (χ2n) is 4.09. The van der Waals surface area contributed by atoms with Gasteiger partial charge in [-0.1, -0.05) is 6.07 Å². The van der Waals surface area contributed by atoms with Crippen LogP contribution < -0.4 is 4.72 Å². The first-order valence-electron chi connectivity index (χ1n) is 5.59. The van der Waals surface area contributed by atoms with E-state index in [1.54, 1.807) is 13.8 Å². The summed E-state index contributed by atoms with van der Waals surface area (Å²) in [4.78, 5) is 14.9. The molecule has 6 nitrogen and oxygen atoms in total. The van der Waals surface area contributed by atoms with Gasteiger partial charge in [0.05, 0.1) is 22.5 Å². The average Bonchev–Trinajstić information content (AvgIpc) is 2.79. The van der Waals surface area contributed by atoms with E-state index in [4.69, 9.17) is 5.11 Å². The van der Waals surface area contributed by atoms with Gasteiger partial charge in [-0.2, -0.15) is 0 Å². The zero-order chi connectivity index (χ0) is 14.9. The van der Waals surface area contributed by atoms with Crippen molar-refractivity contribution in [3.05, 3.63) is 40.5 Å². The first-order chi connectivity index (χ1) is 9.31. The van der Waals surface area contributed by atoms with Crippen molar-refractivity contribution >= 4 is 33.0 Å². The number of aromatic carboxylic acids is 1. The lowest BCUT2D eigenvalue weighted by Crippen LogP contribution is -2.13. The highest BCUT2D eigenvalue weighted by Crippen LogP contribution is 2.25. The molecule has 106 valence electrons. The Kier molecular flexibility index (Phi) is 3.78. The molecule has 0 saturated carbocycles. The Morgan fingerprint density at radius 1 is 1.35 bits per heavy atom. The van der Waals surface area contributed by atoms with Crippen molar-refractivity contribution in [2.75, 3.05) is 4.72 Å². The molecule has 0 spiro atoms. The van der Waals surface area contributed by atoms with E-state index in [9.17, 15) is 13.2 Å². The molecular formula is C12H12N2O4S2. The highest BCUT2D eigenvalue weighted by Gasteiger charge is 2.19. The van der Waals surface area contributed by atoms with Crippen molar-refractivity contribution in [3.63, 3.8) is 0 Å². The second kappa shape index (κ2) is 5.22. The van der Waals surface area contributed by atoms with Gasteiger partial charge in [0.2, 0.25) is 0 Å². The van der Waals surface area contributed by atoms with Crippen molar-refractivity contribution in [2.45, 2.75) is 18.1 Å². The van der Waals surface area contributed by atoms with Gasteiger partial charge in [0.25, 0.3) is 10.0 Å². The van der Waals surface area contributed by atoms with E-state index in [1.165, 1.54) is 24.4 Å². The van der Waals surface area contributed by atoms with Crippen molar-refractivity contribution in [2.24, 2.45) is 0 Å². The quantitative estimate of drug-likeness (QED) is 0.902. The minimum Gasteiger partial charge on any atom is -0.478 e. The molecule has 0 amide bonds. The fourth-order valence-electron chi connectivity index (χ4n) is 1.64. The van der Waals surface area contributed by atoms with E-state index in [2.05, 4.69) is 9.71 Å². The molecule has 0 fully saturated rings. The summed E-state index contributed by atoms with van der Waals surface area (Å²) in [6.07, 6.45) is 1.28. The van der Waals surface area contributed by atoms with E-state index in [0.717, 1.165) is 11.3 Å². The van der Waals surface area contributed by atoms with Gasteiger partial charge in [0.15, 0.2) is 4.21 Å². The molecule has 0 bridgehead atoms. The first kappa shape index (κ1) is 14.5. The van der Waals surface area contributed by atoms with E-state index in [0.29, 0.717) is 10.6 Å². The van der Waals surface area contributed by atoms with Crippen molar-refractivity contribution in [1.82, 2.24) is 4.98 Å². The van der Waals surface area contributed by atoms with Crippen molar-refractivity contribution in [3.8, 4) is 0 Å². The van der Waals surface area contributed by atoms with Crippen LogP contribution in [0.25, 0.3) is 0 Å². The van der Waals surface area contributed by atoms with Gasteiger partial charge in [-0.25, -0.2) is 18.2 Å². The molecule has 1 heterocycles. The van der Waals surface area contributed by atoms with Crippen LogP contribution in [-0.4, -0.2) is 24.5 Å². The number of aromatic nitrogens is 1. The lowest BCUT2D eigenvalue weighted by molar-refractivity contribution is 0.0696. The number of thiazole rings is 1. The summed E-state index contributed by atoms with van der Waals surface area (Å²) >= 11 is 1.05. The molecule has 0 unspecified atom stereocenters. The second-order valence-corrected chi connectivity index (χ2v) is 7.23. The number of sulfonamides is 1. The number of anilines is 1. The number of nitrogens with zero attached hydrogens (tertiary/aromatic N) is 1. The Bertz CT molecular complexity index is 766. The highest BCUT2D eigenvalue weighted by atomic mass is 32.2. The summed E-state index contributed by atoms with van der Waals surface area (Å²) in [5, 5.41) is 9.66. The Morgan fingerprint density at radius 2 is 2.05 bits per heavy atom. The third-order valence-electron chi connectivity index (χ3n) is 2.67. The van der Waals surface area contributed by atoms with E-state index in [-0.39, 0.29) is 15.5 Å². The fourth-order valence-corrected chi connectivity index (χ4v) is 3.87. The summed E-state index contributed by atoms with van der Waals surface area (Å²) in [6.45, 7) is 3.26. The van der Waals surface area contributed by atoms with E-state index < -0.39 is 16.0 Å². The summed E-state index contributed by atoms with van der Waals surface area (Å²) < 4.78 is 26.8. The maximum Gasteiger partial charge on any atom is 0.336 e. The molecule has 0 aliphatic carbocycles. The number of carboxylic acid groups (broad SMARTS) is 1. The topological polar surface area (TPSA) is 96.4 Å². The average molecular weight is 312 g/mol. The summed E-state index contributed by atoms with van der Waals surface area (Å²) in [5.74, 6) is -1.10. The molecule has 1 aromatic heterocycles. The van der Waals surface area contributed by atoms with Crippen LogP contribution in [0.5, 0.6) is 0 Å². The number of hydrogen-bond donors (Lipinski definition) is 2. The predicted octanol–water partition coefficient (Wildman–Crippen LogP) is 2.26. The number of carboxylic acids is 1. The summed E-state index contributed by atoms with van der Waals surface area (Å²) in [7, 11) is -3.74. The number of benzene rings is 1. The lowest BCUT2D eigenvalue weighted by atomic mass is 10.1. The van der Waals surface area contributed by atoms with Crippen LogP contribution in [0.15, 0.2) is 28.6 Å². The molecule has 0 atom stereocenters. The van der Waals surface area contributed by atoms with Crippen molar-refractivity contribution < 1.29 is 18.3 Å². The van der Waals surface area contributed by atoms with E-state index >= 15 is 0 Å². The number of hydrogen-bond acceptors (Lipinski definition) is 5. The SMILES string of the molecule is Cc1ncc(S(=O)(=O)Nc2cccc(C(=O)O)c2C)s1. The maximum absolute atomic E-state index is 12.2. The van der Waals surface area contributed by atoms with Gasteiger partial charge in [0.1, 0.15) is 0 Å². The number of nitrogens with one attached hydrogen (secondary N) is 1. The van der Waals surface area contributed by atoms with Crippen molar-refractivity contribution in [1.29, 1.82) is 0 Å². The Balaban J connectivity index is 2.40. The van der Waals surface area contributed by atoms with Crippen LogP contribution >= 0.6 is 11.3 Å². The van der Waals surface area contributed by atoms with Gasteiger partial charge in [-0.05, 0) is 31.5 Å². The minimum absolute atomic E-state index is 0.0608. The van der Waals surface area contributed by atoms with Crippen LogP contribution in [0.4, 0.5) is 5.69 Å². The predicted molar refractivity (Wildman–Crippen MR) is 75.8 cm³/mol. The number of carbonyl (C=O) groups is 1. The first-order valence-corrected chi connectivity index (χ1v) is 7.89. The standard InChI is InChI=1S/C12H12N2O4S2/c1-7-9(12(15)16)4-3-5-10(7)14-20(17,18)11-6-13-8(2)19-11/h3-6,14H,1-2H3,(H,15,16). The van der Waals surface area contributed by atoms with E-state index in [1.807, 2.05) is 0 Å². The van der Waals surface area contributed by atoms with Gasteiger partial charge in [-0.15, -0.1) is 11.3 Å². The number of aryl methyl sites for hydroxylation is 1. The molecule has 0 saturated heterocycles. The molecular weight excluding hydrogens is 300 g/mol. The largest absolute Gasteiger partial charge is 0.478 e. The summed E-state index contributed by atoms with van der Waals surface area (Å²) in [5.41, 5.74) is 0.673. The Hall–Kier alpha value is -1.93. The number of rotatable bonds is 4. The molecule has 2 rings (SSSR count). The molecule has 8 heteroatoms. The third kappa shape index (κ3) is 2.81. The molecule has 1 aromatic carbocycles. The molecule has 20 heavy (non-hydrogen) atoms. The Morgan fingerprint density at radius 3 is 2.60 bits per heavy atom. The third-order valence-corrected chi connectivity index (χ3v) is 5.41. The summed E-state index contributed by atoms with van der Waals surface area (Å²) in [6, 6.07) is 4.44. The molecule has 2 N–H and O–H groups in total. The molecule has 0 radical (unpaired) electrons. The fraction of sp³-hybridized carbons (Fsp3) is 0.167. The Labute approximate surface area is 120 Å². The highest BCUT2D eigenvalue weighted by molar-refractivity contribution is 7.94. The van der Waals surface area contributed by atoms with Crippen LogP contribution in [0.2, 0.25) is 0 Å². The maximum atomic E-state index is 12.2. The lowest BCUT2D eigenvalue weighted by Gasteiger charge is -2.10. The molecule has 2 aromatic rings. The van der Waals surface area contributed by atoms with Gasteiger partial charge in [0, 0.05) is 0 Å². The van der Waals surface area contributed by atoms with Gasteiger partial charge >= 0.3 is 5.97 Å². The zero-order valence-corrected chi connectivity index (χ0v) is 12.4. The van der Waals surface area contributed by atoms with Crippen LogP contribution in [-0.2, 0) is 10.0 Å². The zero-order valence-electron chi connectivity index (χ0n) is 10.7. The van der Waals surface area contributed by atoms with Crippen LogP contribution in [0.1, 0.15) is 20.9 Å². The normalized spacial score (nSPS) is 11.3. The van der Waals surface area contributed by atoms with Gasteiger partial charge < -0.3 is 5.11 Å². The van der Waals surface area contributed by atoms with Crippen LogP contribution in [0, 0.1) is 13.8 Å². The minimum atomic E-state index is -3.74. The van der Waals surface area contributed by atoms with Gasteiger partial charge in [-0.3, -0.25) is 4.72 Å². The van der Waals surface area contributed by atoms with Crippen LogP contribution in [0.3, 0.4) is 0 Å².